The minimum absolute atomic E-state index is 0.0371. The summed E-state index contributed by atoms with van der Waals surface area (Å²) in [5.41, 5.74) is 1.01. The van der Waals surface area contributed by atoms with E-state index in [0.717, 1.165) is 18.4 Å². The molecule has 18 heteroatoms. The summed E-state index contributed by atoms with van der Waals surface area (Å²) in [6.45, 7) is 7.82. The van der Waals surface area contributed by atoms with Gasteiger partial charge in [-0.15, -0.1) is 6.58 Å². The van der Waals surface area contributed by atoms with E-state index in [1.807, 2.05) is 6.92 Å². The Morgan fingerprint density at radius 3 is 1.49 bits per heavy atom. The maximum absolute atomic E-state index is 12.9. The van der Waals surface area contributed by atoms with Crippen LogP contribution in [0.5, 0.6) is 0 Å². The predicted molar refractivity (Wildman–Crippen MR) is 176 cm³/mol. The SMILES string of the molecule is C=C(C)CCCNC(=O)CC1NC(=O)C(CCCNC(=O)CN2CCN(CC(=O)O)CCN(CC(=O)O)CCN(CC(=O)O)CC2)NC1=O. The van der Waals surface area contributed by atoms with Crippen molar-refractivity contribution in [1.82, 2.24) is 40.9 Å². The van der Waals surface area contributed by atoms with Crippen LogP contribution in [0, 0.1) is 0 Å². The van der Waals surface area contributed by atoms with Crippen LogP contribution in [0.3, 0.4) is 0 Å². The molecule has 2 atom stereocenters. The summed E-state index contributed by atoms with van der Waals surface area (Å²) >= 11 is 0. The Bertz CT molecular complexity index is 1150. The first-order valence-electron chi connectivity index (χ1n) is 16.5. The molecule has 2 fully saturated rings. The Labute approximate surface area is 286 Å². The third-order valence-electron chi connectivity index (χ3n) is 8.12. The number of nitrogens with one attached hydrogen (secondary N) is 4. The molecule has 0 aliphatic carbocycles. The number of piperazine rings is 1. The molecular weight excluding hydrogens is 644 g/mol. The molecule has 7 N–H and O–H groups in total. The second-order valence-electron chi connectivity index (χ2n) is 12.5. The largest absolute Gasteiger partial charge is 0.480 e. The maximum Gasteiger partial charge on any atom is 0.317 e. The lowest BCUT2D eigenvalue weighted by Crippen LogP contribution is -2.62. The highest BCUT2D eigenvalue weighted by atomic mass is 16.4. The summed E-state index contributed by atoms with van der Waals surface area (Å²) in [6.07, 6.45) is 1.97. The summed E-state index contributed by atoms with van der Waals surface area (Å²) in [5, 5.41) is 38.8. The summed E-state index contributed by atoms with van der Waals surface area (Å²) in [4.78, 5) is 91.3. The number of carbonyl (C=O) groups is 7. The zero-order valence-electron chi connectivity index (χ0n) is 28.3. The molecule has 2 heterocycles. The van der Waals surface area contributed by atoms with E-state index in [9.17, 15) is 48.9 Å². The molecule has 2 rings (SSSR count). The van der Waals surface area contributed by atoms with Crippen LogP contribution in [0.25, 0.3) is 0 Å². The lowest BCUT2D eigenvalue weighted by Gasteiger charge is -2.32. The second-order valence-corrected chi connectivity index (χ2v) is 12.5. The molecule has 0 aromatic rings. The van der Waals surface area contributed by atoms with Gasteiger partial charge in [0.15, 0.2) is 0 Å². The fourth-order valence-electron chi connectivity index (χ4n) is 5.48. The van der Waals surface area contributed by atoms with E-state index in [1.54, 1.807) is 19.6 Å². The smallest absolute Gasteiger partial charge is 0.317 e. The van der Waals surface area contributed by atoms with Crippen LogP contribution in [0.4, 0.5) is 0 Å². The van der Waals surface area contributed by atoms with E-state index in [2.05, 4.69) is 27.8 Å². The molecule has 49 heavy (non-hydrogen) atoms. The number of carbonyl (C=O) groups excluding carboxylic acids is 4. The van der Waals surface area contributed by atoms with Crippen molar-refractivity contribution in [1.29, 1.82) is 0 Å². The van der Waals surface area contributed by atoms with Gasteiger partial charge in [0.05, 0.1) is 32.6 Å². The third kappa shape index (κ3) is 17.7. The minimum Gasteiger partial charge on any atom is -0.480 e. The molecule has 18 nitrogen and oxygen atoms in total. The standard InChI is InChI=1S/C31H52N8O10/c1-22(2)5-3-7-32-25(40)17-24-31(49)34-23(30(48)35-24)6-4-8-33-26(41)18-36-9-11-37(19-27(42)43)13-15-39(21-29(46)47)16-14-38(12-10-36)20-28(44)45/h23-24H,1,3-21H2,2H3,(H,32,40)(H,33,41)(H,34,49)(H,35,48)(H,42,43)(H,44,45)(H,46,47). The number of amides is 4. The van der Waals surface area contributed by atoms with Crippen molar-refractivity contribution in [2.75, 3.05) is 91.6 Å². The molecule has 276 valence electrons. The van der Waals surface area contributed by atoms with Gasteiger partial charge in [-0.2, -0.15) is 0 Å². The van der Waals surface area contributed by atoms with E-state index < -0.39 is 41.8 Å². The molecule has 4 amide bonds. The van der Waals surface area contributed by atoms with E-state index in [1.165, 1.54) is 0 Å². The molecular formula is C31H52N8O10. The zero-order valence-corrected chi connectivity index (χ0v) is 28.3. The number of carboxylic acid groups (broad SMARTS) is 3. The number of allylic oxidation sites excluding steroid dienone is 1. The molecule has 0 saturated carbocycles. The van der Waals surface area contributed by atoms with Crippen molar-refractivity contribution < 1.29 is 48.9 Å². The van der Waals surface area contributed by atoms with Crippen molar-refractivity contribution in [3.63, 3.8) is 0 Å². The molecule has 2 aliphatic heterocycles. The summed E-state index contributed by atoms with van der Waals surface area (Å²) in [7, 11) is 0. The predicted octanol–water partition coefficient (Wildman–Crippen LogP) is -2.80. The Kier molecular flexibility index (Phi) is 18.2. The Morgan fingerprint density at radius 1 is 0.653 bits per heavy atom. The molecule has 0 aromatic heterocycles. The highest BCUT2D eigenvalue weighted by molar-refractivity contribution is 5.99. The summed E-state index contributed by atoms with van der Waals surface area (Å²) < 4.78 is 0. The number of aliphatic carboxylic acids is 3. The van der Waals surface area contributed by atoms with E-state index >= 15 is 0 Å². The number of hydrogen-bond donors (Lipinski definition) is 7. The molecule has 0 bridgehead atoms. The fraction of sp³-hybridized carbons (Fsp3) is 0.710. The topological polar surface area (TPSA) is 241 Å². The lowest BCUT2D eigenvalue weighted by molar-refractivity contribution is -0.140. The van der Waals surface area contributed by atoms with Crippen LogP contribution < -0.4 is 21.3 Å². The van der Waals surface area contributed by atoms with Gasteiger partial charge < -0.3 is 36.6 Å². The molecule has 2 saturated heterocycles. The minimum atomic E-state index is -1.04. The molecule has 2 aliphatic rings. The molecule has 2 unspecified atom stereocenters. The van der Waals surface area contributed by atoms with Gasteiger partial charge in [-0.3, -0.25) is 53.2 Å². The maximum atomic E-state index is 12.9. The first-order chi connectivity index (χ1) is 23.2. The van der Waals surface area contributed by atoms with Crippen molar-refractivity contribution in [3.8, 4) is 0 Å². The Morgan fingerprint density at radius 2 is 1.04 bits per heavy atom. The van der Waals surface area contributed by atoms with Crippen LogP contribution in [-0.4, -0.2) is 180 Å². The third-order valence-corrected chi connectivity index (χ3v) is 8.12. The van der Waals surface area contributed by atoms with Crippen molar-refractivity contribution in [2.24, 2.45) is 0 Å². The number of rotatable bonds is 18. The number of hydrogen-bond acceptors (Lipinski definition) is 11. The van der Waals surface area contributed by atoms with Crippen LogP contribution in [0.15, 0.2) is 12.2 Å². The average Bonchev–Trinajstić information content (AvgIpc) is 3.00. The van der Waals surface area contributed by atoms with Crippen LogP contribution in [0.1, 0.15) is 39.0 Å². The van der Waals surface area contributed by atoms with Gasteiger partial charge in [-0.25, -0.2) is 0 Å². The fourth-order valence-corrected chi connectivity index (χ4v) is 5.48. The highest BCUT2D eigenvalue weighted by Gasteiger charge is 2.34. The first-order valence-corrected chi connectivity index (χ1v) is 16.5. The van der Waals surface area contributed by atoms with Gasteiger partial charge in [0.2, 0.25) is 23.6 Å². The monoisotopic (exact) mass is 696 g/mol. The van der Waals surface area contributed by atoms with Crippen LogP contribution >= 0.6 is 0 Å². The van der Waals surface area contributed by atoms with Gasteiger partial charge in [0.1, 0.15) is 12.1 Å². The summed E-state index contributed by atoms with van der Waals surface area (Å²) in [6, 6.07) is -1.77. The van der Waals surface area contributed by atoms with Crippen molar-refractivity contribution in [3.05, 3.63) is 12.2 Å². The molecule has 0 radical (unpaired) electrons. The van der Waals surface area contributed by atoms with Gasteiger partial charge in [-0.05, 0) is 32.6 Å². The lowest BCUT2D eigenvalue weighted by atomic mass is 10.0. The Hall–Kier alpha value is -4.13. The van der Waals surface area contributed by atoms with Gasteiger partial charge in [0, 0.05) is 65.4 Å². The highest BCUT2D eigenvalue weighted by Crippen LogP contribution is 2.07. The van der Waals surface area contributed by atoms with Gasteiger partial charge >= 0.3 is 17.9 Å². The number of nitrogens with zero attached hydrogens (tertiary/aromatic N) is 4. The van der Waals surface area contributed by atoms with E-state index in [0.29, 0.717) is 26.1 Å². The van der Waals surface area contributed by atoms with E-state index in [-0.39, 0.29) is 96.6 Å². The van der Waals surface area contributed by atoms with Crippen LogP contribution in [-0.2, 0) is 33.6 Å². The van der Waals surface area contributed by atoms with Gasteiger partial charge in [0.25, 0.3) is 0 Å². The average molecular weight is 697 g/mol. The molecule has 0 aromatic carbocycles. The Balaban J connectivity index is 1.86. The van der Waals surface area contributed by atoms with E-state index in [4.69, 9.17) is 0 Å². The van der Waals surface area contributed by atoms with Crippen LogP contribution in [0.2, 0.25) is 0 Å². The zero-order chi connectivity index (χ0) is 36.3. The normalized spacial score (nSPS) is 20.6. The van der Waals surface area contributed by atoms with Crippen molar-refractivity contribution >= 4 is 41.5 Å². The quantitative estimate of drug-likeness (QED) is 0.0566. The summed E-state index contributed by atoms with van der Waals surface area (Å²) in [5.74, 6) is -4.64. The number of carboxylic acids is 3. The van der Waals surface area contributed by atoms with Gasteiger partial charge in [-0.1, -0.05) is 5.57 Å². The van der Waals surface area contributed by atoms with Crippen molar-refractivity contribution in [2.45, 2.75) is 51.1 Å². The first kappa shape index (κ1) is 41.0. The second kappa shape index (κ2) is 21.8. The molecule has 0 spiro atoms.